The highest BCUT2D eigenvalue weighted by molar-refractivity contribution is 6.30. The van der Waals surface area contributed by atoms with Gasteiger partial charge in [-0.3, -0.25) is 0 Å². The van der Waals surface area contributed by atoms with Crippen LogP contribution in [0.15, 0.2) is 48.5 Å². The van der Waals surface area contributed by atoms with Crippen molar-refractivity contribution in [1.29, 1.82) is 10.5 Å². The fraction of sp³-hybridized carbons (Fsp3) is 0. The molecule has 0 aliphatic heterocycles. The van der Waals surface area contributed by atoms with Crippen molar-refractivity contribution in [2.24, 2.45) is 0 Å². The van der Waals surface area contributed by atoms with Gasteiger partial charge in [0.05, 0.1) is 11.1 Å². The van der Waals surface area contributed by atoms with E-state index in [1.165, 1.54) is 0 Å². The van der Waals surface area contributed by atoms with Crippen LogP contribution in [0.1, 0.15) is 11.1 Å². The van der Waals surface area contributed by atoms with Crippen molar-refractivity contribution in [1.82, 2.24) is 9.97 Å². The van der Waals surface area contributed by atoms with E-state index in [-0.39, 0.29) is 22.8 Å². The van der Waals surface area contributed by atoms with Gasteiger partial charge in [0.15, 0.2) is 0 Å². The molecule has 4 aromatic carbocycles. The summed E-state index contributed by atoms with van der Waals surface area (Å²) in [6, 6.07) is 19.2. The number of fused-ring (bicyclic) bond motifs is 8. The Hall–Kier alpha value is -5.04. The number of nitriles is 2. The molecule has 1 aromatic heterocycles. The second-order valence-corrected chi connectivity index (χ2v) is 6.67. The Labute approximate surface area is 170 Å². The van der Waals surface area contributed by atoms with Gasteiger partial charge in [-0.2, -0.15) is 10.5 Å². The van der Waals surface area contributed by atoms with Crippen molar-refractivity contribution in [3.63, 3.8) is 0 Å². The van der Waals surface area contributed by atoms with Gasteiger partial charge in [-0.05, 0) is 33.7 Å². The van der Waals surface area contributed by atoms with Crippen LogP contribution in [0, 0.1) is 35.8 Å². The van der Waals surface area contributed by atoms with Crippen LogP contribution in [0.5, 0.6) is 0 Å². The fourth-order valence-electron chi connectivity index (χ4n) is 3.88. The van der Waals surface area contributed by atoms with E-state index in [2.05, 4.69) is 31.8 Å². The smallest absolute Gasteiger partial charge is 0.294 e. The van der Waals surface area contributed by atoms with Crippen LogP contribution >= 0.6 is 0 Å². The van der Waals surface area contributed by atoms with Crippen LogP contribution in [0.3, 0.4) is 0 Å². The van der Waals surface area contributed by atoms with Crippen LogP contribution in [-0.2, 0) is 0 Å². The molecule has 0 N–H and O–H groups in total. The number of hydrogen-bond acceptors (Lipinski definition) is 4. The Morgan fingerprint density at radius 3 is 2.00 bits per heavy atom. The normalized spacial score (nSPS) is 10.5. The zero-order valence-corrected chi connectivity index (χ0v) is 15.3. The first-order valence-corrected chi connectivity index (χ1v) is 8.88. The molecular weight excluding hydrogens is 372 g/mol. The monoisotopic (exact) mass is 380 g/mol. The minimum absolute atomic E-state index is 0.0553. The molecule has 134 valence electrons. The molecule has 0 radical (unpaired) electrons. The lowest BCUT2D eigenvalue weighted by atomic mass is 9.92. The lowest BCUT2D eigenvalue weighted by Crippen LogP contribution is -1.93. The van der Waals surface area contributed by atoms with E-state index in [1.807, 2.05) is 36.4 Å². The van der Waals surface area contributed by atoms with Gasteiger partial charge in [0.1, 0.15) is 12.1 Å². The molecule has 30 heavy (non-hydrogen) atoms. The first-order valence-electron chi connectivity index (χ1n) is 8.88. The van der Waals surface area contributed by atoms with E-state index >= 15 is 0 Å². The minimum atomic E-state index is -0.0822. The van der Waals surface area contributed by atoms with E-state index in [1.54, 1.807) is 12.1 Å². The van der Waals surface area contributed by atoms with E-state index in [4.69, 9.17) is 13.1 Å². The van der Waals surface area contributed by atoms with Crippen LogP contribution in [-0.4, -0.2) is 9.97 Å². The molecule has 0 spiro atoms. The third kappa shape index (κ3) is 2.20. The van der Waals surface area contributed by atoms with E-state index in [0.717, 1.165) is 26.9 Å². The summed E-state index contributed by atoms with van der Waals surface area (Å²) in [5.41, 5.74) is 1.44. The molecular formula is C24H8N6. The predicted molar refractivity (Wildman–Crippen MR) is 114 cm³/mol. The second kappa shape index (κ2) is 6.25. The van der Waals surface area contributed by atoms with Crippen LogP contribution in [0.4, 0.5) is 11.6 Å². The second-order valence-electron chi connectivity index (χ2n) is 6.67. The SMILES string of the molecule is [C-]#[N+]c1nc2c3cc(C#N)c(C#N)cc3c3ccc4ccccc4c3c2nc1[N+]#[C-]. The Morgan fingerprint density at radius 2 is 1.33 bits per heavy atom. The maximum absolute atomic E-state index is 9.51. The molecule has 1 heterocycles. The number of hydrogen-bond donors (Lipinski definition) is 0. The summed E-state index contributed by atoms with van der Waals surface area (Å²) in [6.45, 7) is 14.8. The minimum Gasteiger partial charge on any atom is -0.370 e. The van der Waals surface area contributed by atoms with E-state index < -0.39 is 0 Å². The summed E-state index contributed by atoms with van der Waals surface area (Å²) in [4.78, 5) is 15.7. The summed E-state index contributed by atoms with van der Waals surface area (Å²) in [5, 5.41) is 24.0. The third-order valence-electron chi connectivity index (χ3n) is 5.18. The highest BCUT2D eigenvalue weighted by Crippen LogP contribution is 2.40. The molecule has 5 rings (SSSR count). The lowest BCUT2D eigenvalue weighted by molar-refractivity contribution is 1.35. The standard InChI is InChI=1S/C24H8N6/c1-27-23-24(28-2)30-22-20-16-6-4-3-5-13(16)7-8-17(20)18-9-14(11-25)15(12-26)10-19(18)21(22)29-23/h3-10H. The van der Waals surface area contributed by atoms with Gasteiger partial charge < -0.3 is 9.69 Å². The summed E-state index contributed by atoms with van der Waals surface area (Å²) in [7, 11) is 0. The van der Waals surface area contributed by atoms with Gasteiger partial charge in [0.25, 0.3) is 11.6 Å². The highest BCUT2D eigenvalue weighted by atomic mass is 15.0. The quantitative estimate of drug-likeness (QED) is 0.246. The molecule has 0 saturated heterocycles. The predicted octanol–water partition coefficient (Wildman–Crippen LogP) is 5.93. The Kier molecular flexibility index (Phi) is 3.56. The highest BCUT2D eigenvalue weighted by Gasteiger charge is 2.22. The zero-order chi connectivity index (χ0) is 20.8. The maximum atomic E-state index is 9.51. The Morgan fingerprint density at radius 1 is 0.700 bits per heavy atom. The summed E-state index contributed by atoms with van der Waals surface area (Å²) >= 11 is 0. The topological polar surface area (TPSA) is 82.1 Å². The first kappa shape index (κ1) is 17.1. The molecule has 0 bridgehead atoms. The summed E-state index contributed by atoms with van der Waals surface area (Å²) < 4.78 is 0. The van der Waals surface area contributed by atoms with Crippen LogP contribution in [0.2, 0.25) is 0 Å². The third-order valence-corrected chi connectivity index (χ3v) is 5.18. The van der Waals surface area contributed by atoms with Gasteiger partial charge in [0.2, 0.25) is 11.0 Å². The fourth-order valence-corrected chi connectivity index (χ4v) is 3.88. The van der Waals surface area contributed by atoms with Crippen molar-refractivity contribution < 1.29 is 0 Å². The van der Waals surface area contributed by atoms with Gasteiger partial charge in [-0.15, -0.1) is 9.97 Å². The van der Waals surface area contributed by atoms with Crippen LogP contribution < -0.4 is 0 Å². The number of rotatable bonds is 0. The Balaban J connectivity index is 2.19. The largest absolute Gasteiger partial charge is 0.370 e. The molecule has 0 fully saturated rings. The molecule has 0 unspecified atom stereocenters. The molecule has 0 amide bonds. The average Bonchev–Trinajstić information content (AvgIpc) is 2.81. The number of nitrogens with zero attached hydrogens (tertiary/aromatic N) is 6. The first-order chi connectivity index (χ1) is 14.7. The molecule has 6 heteroatoms. The summed E-state index contributed by atoms with van der Waals surface area (Å²) in [6.07, 6.45) is 0. The van der Waals surface area contributed by atoms with Crippen molar-refractivity contribution in [3.8, 4) is 12.1 Å². The molecule has 6 nitrogen and oxygen atoms in total. The van der Waals surface area contributed by atoms with Gasteiger partial charge in [-0.1, -0.05) is 49.5 Å². The lowest BCUT2D eigenvalue weighted by Gasteiger charge is -2.10. The number of aromatic nitrogens is 2. The maximum Gasteiger partial charge on any atom is 0.294 e. The van der Waals surface area contributed by atoms with Gasteiger partial charge >= 0.3 is 0 Å². The number of benzene rings is 4. The van der Waals surface area contributed by atoms with Crippen molar-refractivity contribution in [3.05, 3.63) is 82.5 Å². The Bertz CT molecular complexity index is 1740. The average molecular weight is 380 g/mol. The van der Waals surface area contributed by atoms with E-state index in [0.29, 0.717) is 16.4 Å². The van der Waals surface area contributed by atoms with Gasteiger partial charge in [-0.25, -0.2) is 0 Å². The van der Waals surface area contributed by atoms with Gasteiger partial charge in [0, 0.05) is 10.8 Å². The van der Waals surface area contributed by atoms with Crippen molar-refractivity contribution in [2.75, 3.05) is 0 Å². The zero-order valence-electron chi connectivity index (χ0n) is 15.3. The molecule has 5 aromatic rings. The molecule has 0 atom stereocenters. The van der Waals surface area contributed by atoms with Crippen LogP contribution in [0.25, 0.3) is 53.0 Å². The van der Waals surface area contributed by atoms with Crippen molar-refractivity contribution >= 4 is 55.0 Å². The molecule has 0 aliphatic rings. The van der Waals surface area contributed by atoms with Crippen molar-refractivity contribution in [2.45, 2.75) is 0 Å². The molecule has 0 aliphatic carbocycles. The summed E-state index contributed by atoms with van der Waals surface area (Å²) in [5.74, 6) is -0.138. The van der Waals surface area contributed by atoms with E-state index in [9.17, 15) is 10.5 Å². The molecule has 0 saturated carbocycles.